The first-order valence-electron chi connectivity index (χ1n) is 8.29. The third kappa shape index (κ3) is 4.16. The van der Waals surface area contributed by atoms with Crippen LogP contribution in [0, 0.1) is 0 Å². The van der Waals surface area contributed by atoms with E-state index >= 15 is 0 Å². The standard InChI is InChI=1S/C17H23N5O/c23-12-5-1-2-9-15-20-13-7-6-11-19-16(13)17(22-15)21-14-8-3-4-10-18-14/h3-4,8,10,19,23H,1-2,5-7,9,11-12H2,(H,18,20,21,22). The van der Waals surface area contributed by atoms with Crippen molar-refractivity contribution in [3.8, 4) is 0 Å². The largest absolute Gasteiger partial charge is 0.396 e. The number of fused-ring (bicyclic) bond motifs is 1. The summed E-state index contributed by atoms with van der Waals surface area (Å²) in [5.41, 5.74) is 2.09. The van der Waals surface area contributed by atoms with Crippen molar-refractivity contribution in [3.63, 3.8) is 0 Å². The summed E-state index contributed by atoms with van der Waals surface area (Å²) in [6.07, 6.45) is 7.51. The van der Waals surface area contributed by atoms with E-state index in [1.807, 2.05) is 18.2 Å². The van der Waals surface area contributed by atoms with Crippen LogP contribution in [0.15, 0.2) is 24.4 Å². The summed E-state index contributed by atoms with van der Waals surface area (Å²) in [5.74, 6) is 2.46. The maximum Gasteiger partial charge on any atom is 0.159 e. The number of aliphatic hydroxyl groups is 1. The van der Waals surface area contributed by atoms with Gasteiger partial charge in [0.25, 0.3) is 0 Å². The Hall–Kier alpha value is -2.21. The topological polar surface area (TPSA) is 83.0 Å². The summed E-state index contributed by atoms with van der Waals surface area (Å²) in [6.45, 7) is 1.20. The quantitative estimate of drug-likeness (QED) is 0.682. The van der Waals surface area contributed by atoms with Crippen LogP contribution >= 0.6 is 0 Å². The molecule has 0 saturated carbocycles. The normalized spacial score (nSPS) is 13.3. The number of hydrogen-bond donors (Lipinski definition) is 3. The molecule has 0 unspecified atom stereocenters. The zero-order valence-electron chi connectivity index (χ0n) is 13.3. The number of aliphatic hydroxyl groups excluding tert-OH is 1. The molecule has 6 nitrogen and oxygen atoms in total. The molecule has 0 aromatic carbocycles. The summed E-state index contributed by atoms with van der Waals surface area (Å²) >= 11 is 0. The van der Waals surface area contributed by atoms with E-state index in [0.29, 0.717) is 0 Å². The molecule has 3 heterocycles. The molecule has 2 aromatic rings. The van der Waals surface area contributed by atoms with Crippen molar-refractivity contribution in [2.45, 2.75) is 38.5 Å². The fourth-order valence-corrected chi connectivity index (χ4v) is 2.73. The van der Waals surface area contributed by atoms with E-state index in [1.165, 1.54) is 0 Å². The number of aromatic nitrogens is 3. The predicted molar refractivity (Wildman–Crippen MR) is 91.0 cm³/mol. The van der Waals surface area contributed by atoms with Crippen molar-refractivity contribution in [1.29, 1.82) is 0 Å². The number of pyridine rings is 1. The van der Waals surface area contributed by atoms with E-state index in [-0.39, 0.29) is 6.61 Å². The van der Waals surface area contributed by atoms with E-state index < -0.39 is 0 Å². The van der Waals surface area contributed by atoms with Crippen LogP contribution in [-0.4, -0.2) is 33.2 Å². The van der Waals surface area contributed by atoms with Crippen molar-refractivity contribution in [3.05, 3.63) is 35.9 Å². The SMILES string of the molecule is OCCCCCc1nc2c(c(Nc3ccccn3)n1)NCCC2. The predicted octanol–water partition coefficient (Wildman–Crippen LogP) is 2.68. The molecular weight excluding hydrogens is 290 g/mol. The highest BCUT2D eigenvalue weighted by atomic mass is 16.2. The molecule has 2 aromatic heterocycles. The number of anilines is 3. The number of nitrogens with one attached hydrogen (secondary N) is 2. The molecule has 0 bridgehead atoms. The van der Waals surface area contributed by atoms with Gasteiger partial charge in [0.2, 0.25) is 0 Å². The molecule has 3 N–H and O–H groups in total. The van der Waals surface area contributed by atoms with Crippen LogP contribution in [0.5, 0.6) is 0 Å². The van der Waals surface area contributed by atoms with Crippen LogP contribution in [0.3, 0.4) is 0 Å². The second kappa shape index (κ2) is 7.87. The van der Waals surface area contributed by atoms with Gasteiger partial charge in [-0.3, -0.25) is 0 Å². The van der Waals surface area contributed by atoms with Gasteiger partial charge in [0.15, 0.2) is 5.82 Å². The molecule has 122 valence electrons. The molecule has 6 heteroatoms. The molecule has 23 heavy (non-hydrogen) atoms. The van der Waals surface area contributed by atoms with Crippen LogP contribution in [0.4, 0.5) is 17.3 Å². The molecule has 1 aliphatic rings. The van der Waals surface area contributed by atoms with E-state index in [0.717, 1.165) is 73.9 Å². The Kier molecular flexibility index (Phi) is 5.37. The first-order valence-corrected chi connectivity index (χ1v) is 8.29. The van der Waals surface area contributed by atoms with Crippen LogP contribution in [0.25, 0.3) is 0 Å². The number of rotatable bonds is 7. The van der Waals surface area contributed by atoms with Crippen LogP contribution in [0.1, 0.15) is 37.2 Å². The highest BCUT2D eigenvalue weighted by Crippen LogP contribution is 2.29. The van der Waals surface area contributed by atoms with E-state index in [4.69, 9.17) is 15.1 Å². The van der Waals surface area contributed by atoms with Gasteiger partial charge < -0.3 is 15.7 Å². The molecular formula is C17H23N5O. The Balaban J connectivity index is 1.80. The Morgan fingerprint density at radius 3 is 2.96 bits per heavy atom. The molecule has 0 spiro atoms. The van der Waals surface area contributed by atoms with Crippen LogP contribution in [0.2, 0.25) is 0 Å². The molecule has 0 amide bonds. The van der Waals surface area contributed by atoms with Crippen molar-refractivity contribution in [2.75, 3.05) is 23.8 Å². The average Bonchev–Trinajstić information content (AvgIpc) is 2.60. The average molecular weight is 313 g/mol. The lowest BCUT2D eigenvalue weighted by atomic mass is 10.1. The van der Waals surface area contributed by atoms with Crippen molar-refractivity contribution >= 4 is 17.3 Å². The van der Waals surface area contributed by atoms with E-state index in [1.54, 1.807) is 6.20 Å². The molecule has 0 atom stereocenters. The highest BCUT2D eigenvalue weighted by Gasteiger charge is 2.17. The van der Waals surface area contributed by atoms with Crippen LogP contribution < -0.4 is 10.6 Å². The zero-order chi connectivity index (χ0) is 15.9. The summed E-state index contributed by atoms with van der Waals surface area (Å²) in [6, 6.07) is 5.77. The van der Waals surface area contributed by atoms with Gasteiger partial charge in [0.1, 0.15) is 11.6 Å². The third-order valence-corrected chi connectivity index (χ3v) is 3.89. The molecule has 0 saturated heterocycles. The fraction of sp³-hybridized carbons (Fsp3) is 0.471. The van der Waals surface area contributed by atoms with Gasteiger partial charge in [-0.1, -0.05) is 12.5 Å². The van der Waals surface area contributed by atoms with Gasteiger partial charge in [-0.05, 0) is 37.8 Å². The number of nitrogens with zero attached hydrogens (tertiary/aromatic N) is 3. The van der Waals surface area contributed by atoms with Gasteiger partial charge in [0.05, 0.1) is 11.4 Å². The minimum Gasteiger partial charge on any atom is -0.396 e. The molecule has 0 aliphatic carbocycles. The zero-order valence-corrected chi connectivity index (χ0v) is 13.3. The second-order valence-electron chi connectivity index (χ2n) is 5.71. The maximum absolute atomic E-state index is 8.87. The third-order valence-electron chi connectivity index (χ3n) is 3.89. The fourth-order valence-electron chi connectivity index (χ4n) is 2.73. The summed E-state index contributed by atoms with van der Waals surface area (Å²) in [7, 11) is 0. The lowest BCUT2D eigenvalue weighted by molar-refractivity contribution is 0.283. The first-order chi connectivity index (χ1) is 11.4. The second-order valence-corrected chi connectivity index (χ2v) is 5.71. The highest BCUT2D eigenvalue weighted by molar-refractivity contribution is 5.72. The molecule has 3 rings (SSSR count). The first kappa shape index (κ1) is 15.7. The Bertz CT molecular complexity index is 632. The minimum absolute atomic E-state index is 0.251. The summed E-state index contributed by atoms with van der Waals surface area (Å²) < 4.78 is 0. The van der Waals surface area contributed by atoms with Gasteiger partial charge >= 0.3 is 0 Å². The smallest absolute Gasteiger partial charge is 0.159 e. The summed E-state index contributed by atoms with van der Waals surface area (Å²) in [4.78, 5) is 13.7. The Morgan fingerprint density at radius 1 is 1.17 bits per heavy atom. The monoisotopic (exact) mass is 313 g/mol. The van der Waals surface area contributed by atoms with E-state index in [2.05, 4.69) is 15.6 Å². The van der Waals surface area contributed by atoms with Gasteiger partial charge in [0, 0.05) is 25.8 Å². The Morgan fingerprint density at radius 2 is 2.13 bits per heavy atom. The molecule has 0 radical (unpaired) electrons. The molecule has 1 aliphatic heterocycles. The number of unbranched alkanes of at least 4 members (excludes halogenated alkanes) is 2. The van der Waals surface area contributed by atoms with Crippen molar-refractivity contribution in [1.82, 2.24) is 15.0 Å². The van der Waals surface area contributed by atoms with Gasteiger partial charge in [-0.2, -0.15) is 0 Å². The van der Waals surface area contributed by atoms with Gasteiger partial charge in [-0.25, -0.2) is 15.0 Å². The van der Waals surface area contributed by atoms with Gasteiger partial charge in [-0.15, -0.1) is 0 Å². The van der Waals surface area contributed by atoms with E-state index in [9.17, 15) is 0 Å². The van der Waals surface area contributed by atoms with Crippen LogP contribution in [-0.2, 0) is 12.8 Å². The van der Waals surface area contributed by atoms with Crippen molar-refractivity contribution < 1.29 is 5.11 Å². The summed E-state index contributed by atoms with van der Waals surface area (Å²) in [5, 5.41) is 15.6. The number of hydrogen-bond acceptors (Lipinski definition) is 6. The molecule has 0 fully saturated rings. The lowest BCUT2D eigenvalue weighted by Gasteiger charge is -2.21. The minimum atomic E-state index is 0.251. The van der Waals surface area contributed by atoms with Crippen molar-refractivity contribution in [2.24, 2.45) is 0 Å². The lowest BCUT2D eigenvalue weighted by Crippen LogP contribution is -2.17. The maximum atomic E-state index is 8.87. The Labute approximate surface area is 136 Å². The number of aryl methyl sites for hydroxylation is 2.